The second-order valence-electron chi connectivity index (χ2n) is 21.3. The molecule has 3 N–H and O–H groups in total. The second kappa shape index (κ2) is 25.5. The van der Waals surface area contributed by atoms with E-state index in [4.69, 9.17) is 18.9 Å². The van der Waals surface area contributed by atoms with Gasteiger partial charge in [0.25, 0.3) is 11.7 Å². The van der Waals surface area contributed by atoms with Crippen molar-refractivity contribution in [3.63, 3.8) is 0 Å². The van der Waals surface area contributed by atoms with Crippen LogP contribution in [0.1, 0.15) is 138 Å². The summed E-state index contributed by atoms with van der Waals surface area (Å²) in [4.78, 5) is 58.3. The number of hydrogen-bond donors (Lipinski definition) is 3. The van der Waals surface area contributed by atoms with Crippen LogP contribution in [0, 0.1) is 35.5 Å². The number of hydrogen-bond acceptors (Lipinski definition) is 13. The number of carbonyl (C=O) groups excluding carboxylic acids is 4. The molecule has 0 aromatic rings. The Morgan fingerprint density at radius 1 is 0.812 bits per heavy atom. The molecule has 0 unspecified atom stereocenters. The topological polar surface area (TPSA) is 207 Å². The Kier molecular flexibility index (Phi) is 21.0. The predicted molar refractivity (Wildman–Crippen MR) is 263 cm³/mol. The zero-order valence-electron chi connectivity index (χ0n) is 42.8. The molecule has 5 aliphatic rings. The number of Topliss-reactive ketones (excluding diaryl/α,β-unsaturated/α-hetero) is 2. The number of amides is 1. The maximum Gasteiger partial charge on any atom is 0.329 e. The summed E-state index contributed by atoms with van der Waals surface area (Å²) in [6, 6.07) is -1.72. The van der Waals surface area contributed by atoms with Crippen LogP contribution in [0.25, 0.3) is 0 Å². The van der Waals surface area contributed by atoms with E-state index in [0.717, 1.165) is 12.0 Å². The van der Waals surface area contributed by atoms with E-state index >= 15 is 0 Å². The molecule has 15 nitrogen and oxygen atoms in total. The van der Waals surface area contributed by atoms with Gasteiger partial charge in [-0.15, -0.1) is 0 Å². The highest BCUT2D eigenvalue weighted by molar-refractivity contribution is 7.89. The fourth-order valence-electron chi connectivity index (χ4n) is 11.4. The minimum absolute atomic E-state index is 0.000924. The Bertz CT molecular complexity index is 2000. The Balaban J connectivity index is 1.48. The van der Waals surface area contributed by atoms with E-state index in [1.54, 1.807) is 21.0 Å². The first-order valence-corrected chi connectivity index (χ1v) is 27.3. The molecule has 69 heavy (non-hydrogen) atoms. The molecule has 0 aromatic heterocycles. The molecule has 5 rings (SSSR count). The van der Waals surface area contributed by atoms with E-state index in [2.05, 4.69) is 0 Å². The van der Waals surface area contributed by atoms with Gasteiger partial charge in [0, 0.05) is 45.2 Å². The Morgan fingerprint density at radius 2 is 1.55 bits per heavy atom. The number of aliphatic hydroxyl groups is 3. The largest absolute Gasteiger partial charge is 0.461 e. The fourth-order valence-corrected chi connectivity index (χ4v) is 13.2. The lowest BCUT2D eigenvalue weighted by Crippen LogP contribution is -2.61. The van der Waals surface area contributed by atoms with Gasteiger partial charge >= 0.3 is 5.97 Å². The highest BCUT2D eigenvalue weighted by Gasteiger charge is 2.53. The average molecular weight is 989 g/mol. The molecule has 2 bridgehead atoms. The lowest BCUT2D eigenvalue weighted by Gasteiger charge is -2.43. The number of allylic oxidation sites excluding steroid dienone is 6. The van der Waals surface area contributed by atoms with Crippen LogP contribution in [-0.4, -0.2) is 144 Å². The number of carbonyl (C=O) groups is 4. The van der Waals surface area contributed by atoms with Gasteiger partial charge in [-0.3, -0.25) is 14.4 Å². The van der Waals surface area contributed by atoms with Gasteiger partial charge < -0.3 is 39.2 Å². The number of piperidine rings is 1. The minimum Gasteiger partial charge on any atom is -0.461 e. The van der Waals surface area contributed by atoms with Gasteiger partial charge in [-0.05, 0) is 133 Å². The summed E-state index contributed by atoms with van der Waals surface area (Å²) in [6.07, 6.45) is 13.9. The molecule has 4 fully saturated rings. The van der Waals surface area contributed by atoms with Crippen LogP contribution in [0.3, 0.4) is 0 Å². The third-order valence-electron chi connectivity index (χ3n) is 15.7. The zero-order chi connectivity index (χ0) is 50.8. The quantitative estimate of drug-likeness (QED) is 0.150. The molecule has 3 saturated heterocycles. The SMILES string of the molecule is CO[C@@H]1C[C@H](C[C@@H](C)[C@@H]2CC[C@H](C)/C=C(\C)[C@@H](O)[C@@H](OC)C(=O)[C@H](C)C[C@H](C)/C=C/C=C/C=C(\C)[C@@H](N3CCCS3(=O)=O)C[C@@H]3CC[C@@H](C)[C@@](O)(O3)C(=O)C(=O)N3CCCC[C@H]3C(=O)O2)CC[C@H]1O. The smallest absolute Gasteiger partial charge is 0.329 e. The first-order valence-electron chi connectivity index (χ1n) is 25.7. The van der Waals surface area contributed by atoms with Crippen molar-refractivity contribution < 1.29 is 61.9 Å². The first-order chi connectivity index (χ1) is 32.6. The Labute approximate surface area is 412 Å². The van der Waals surface area contributed by atoms with E-state index < -0.39 is 87.9 Å². The number of cyclic esters (lactones) is 1. The average Bonchev–Trinajstić information content (AvgIpc) is 3.67. The van der Waals surface area contributed by atoms with Gasteiger partial charge in [0.15, 0.2) is 5.78 Å². The predicted octanol–water partition coefficient (Wildman–Crippen LogP) is 6.39. The molecule has 15 atom stereocenters. The normalized spacial score (nSPS) is 40.9. The van der Waals surface area contributed by atoms with Gasteiger partial charge in [-0.1, -0.05) is 76.6 Å². The standard InChI is InChI=1S/C53H84N2O13S/c1-33-16-11-10-12-17-35(3)43(55-26-15-27-69(55,63)64)32-41-22-20-39(7)53(62,68-41)50(59)51(60)54-25-14-13-18-42(54)52(61)67-45(36(4)30-40-21-23-44(56)46(31-40)65-8)24-19-34(2)29-38(6)48(58)49(66-9)47(57)37(5)28-33/h10-12,16-17,29,33-34,36-37,39-46,48-49,56,58,62H,13-15,18-28,30-32H2,1-9H3/b12-10+,16-11+,35-17+,38-29+/t33-,34+,36-,37-,39-,40+,41+,42+,43+,44-,45+,46-,48-,49+,53-/m1/s1. The van der Waals surface area contributed by atoms with Crippen molar-refractivity contribution in [2.45, 2.75) is 193 Å². The molecule has 16 heteroatoms. The molecular formula is C53H84N2O13S. The van der Waals surface area contributed by atoms with Gasteiger partial charge in [0.05, 0.1) is 24.1 Å². The molecule has 0 spiro atoms. The third kappa shape index (κ3) is 14.5. The molecule has 0 aromatic carbocycles. The number of esters is 1. The number of nitrogens with zero attached hydrogens (tertiary/aromatic N) is 2. The second-order valence-corrected chi connectivity index (χ2v) is 23.3. The number of sulfonamides is 1. The lowest BCUT2D eigenvalue weighted by atomic mass is 9.78. The number of aliphatic hydroxyl groups excluding tert-OH is 2. The Morgan fingerprint density at radius 3 is 2.23 bits per heavy atom. The van der Waals surface area contributed by atoms with Crippen LogP contribution in [-0.2, 0) is 48.1 Å². The minimum atomic E-state index is -3.60. The molecule has 390 valence electrons. The monoisotopic (exact) mass is 989 g/mol. The summed E-state index contributed by atoms with van der Waals surface area (Å²) in [7, 11) is -0.577. The zero-order valence-corrected chi connectivity index (χ0v) is 43.6. The van der Waals surface area contributed by atoms with Crippen molar-refractivity contribution >= 4 is 33.5 Å². The molecule has 4 heterocycles. The van der Waals surface area contributed by atoms with Crippen molar-refractivity contribution in [2.24, 2.45) is 35.5 Å². The van der Waals surface area contributed by atoms with Crippen LogP contribution in [0.5, 0.6) is 0 Å². The summed E-state index contributed by atoms with van der Waals surface area (Å²) < 4.78 is 52.1. The summed E-state index contributed by atoms with van der Waals surface area (Å²) in [6.45, 7) is 13.6. The van der Waals surface area contributed by atoms with Crippen LogP contribution < -0.4 is 0 Å². The highest BCUT2D eigenvalue weighted by atomic mass is 32.2. The van der Waals surface area contributed by atoms with Crippen LogP contribution in [0.15, 0.2) is 47.6 Å². The van der Waals surface area contributed by atoms with Crippen LogP contribution >= 0.6 is 0 Å². The molecule has 4 aliphatic heterocycles. The molecule has 1 amide bonds. The number of rotatable bonds is 6. The summed E-state index contributed by atoms with van der Waals surface area (Å²) in [5.41, 5.74) is 1.32. The van der Waals surface area contributed by atoms with Crippen molar-refractivity contribution in [1.82, 2.24) is 9.21 Å². The molecular weight excluding hydrogens is 905 g/mol. The molecule has 1 saturated carbocycles. The van der Waals surface area contributed by atoms with E-state index in [1.807, 2.05) is 71.1 Å². The molecule has 0 radical (unpaired) electrons. The van der Waals surface area contributed by atoms with E-state index in [9.17, 15) is 42.9 Å². The van der Waals surface area contributed by atoms with Crippen LogP contribution in [0.4, 0.5) is 0 Å². The van der Waals surface area contributed by atoms with Crippen molar-refractivity contribution in [3.05, 3.63) is 47.6 Å². The van der Waals surface area contributed by atoms with Crippen molar-refractivity contribution in [2.75, 3.05) is 33.1 Å². The third-order valence-corrected chi connectivity index (χ3v) is 17.7. The number of ether oxygens (including phenoxy) is 4. The van der Waals surface area contributed by atoms with E-state index in [-0.39, 0.29) is 60.7 Å². The van der Waals surface area contributed by atoms with E-state index in [0.29, 0.717) is 82.7 Å². The summed E-state index contributed by atoms with van der Waals surface area (Å²) >= 11 is 0. The van der Waals surface area contributed by atoms with Gasteiger partial charge in [0.2, 0.25) is 15.8 Å². The van der Waals surface area contributed by atoms with Gasteiger partial charge in [-0.25, -0.2) is 13.2 Å². The lowest BCUT2D eigenvalue weighted by molar-refractivity contribution is -0.264. The molecule has 1 aliphatic carbocycles. The van der Waals surface area contributed by atoms with Crippen molar-refractivity contribution in [3.8, 4) is 0 Å². The van der Waals surface area contributed by atoms with E-state index in [1.165, 1.54) is 16.3 Å². The van der Waals surface area contributed by atoms with Crippen molar-refractivity contribution in [1.29, 1.82) is 0 Å². The summed E-state index contributed by atoms with van der Waals surface area (Å²) in [5.74, 6) is -6.73. The first kappa shape index (κ1) is 56.8. The maximum atomic E-state index is 14.5. The number of fused-ring (bicyclic) bond motifs is 3. The van der Waals surface area contributed by atoms with Crippen LogP contribution in [0.2, 0.25) is 0 Å². The highest BCUT2D eigenvalue weighted by Crippen LogP contribution is 2.39. The van der Waals surface area contributed by atoms with Gasteiger partial charge in [0.1, 0.15) is 24.4 Å². The summed E-state index contributed by atoms with van der Waals surface area (Å²) in [5, 5.41) is 34.2. The Hall–Kier alpha value is -3.09. The number of ketones is 2. The fraction of sp³-hybridized carbons (Fsp3) is 0.774. The maximum absolute atomic E-state index is 14.5. The number of methoxy groups -OCH3 is 2. The van der Waals surface area contributed by atoms with Gasteiger partial charge in [-0.2, -0.15) is 4.31 Å².